The van der Waals surface area contributed by atoms with Gasteiger partial charge < -0.3 is 39.2 Å². The quantitative estimate of drug-likeness (QED) is 0.0505. The van der Waals surface area contributed by atoms with Gasteiger partial charge in [0, 0.05) is 23.3 Å². The average molecular weight is 751 g/mol. The van der Waals surface area contributed by atoms with Crippen molar-refractivity contribution >= 4 is 47.0 Å². The van der Waals surface area contributed by atoms with E-state index in [1.165, 1.54) is 11.9 Å². The molecule has 1 aliphatic rings. The molecule has 276 valence electrons. The van der Waals surface area contributed by atoms with Gasteiger partial charge in [0.2, 0.25) is 6.79 Å². The van der Waals surface area contributed by atoms with Gasteiger partial charge in [0.15, 0.2) is 11.5 Å². The molecule has 1 aliphatic heterocycles. The molecule has 0 unspecified atom stereocenters. The molecule has 2 aromatic carbocycles. The average Bonchev–Trinajstić information content (AvgIpc) is 3.95. The summed E-state index contributed by atoms with van der Waals surface area (Å²) in [5.74, 6) is 1.54. The highest BCUT2D eigenvalue weighted by atomic mass is 32.1. The number of nitrogens with zero attached hydrogens (tertiary/aromatic N) is 2. The third-order valence-corrected chi connectivity index (χ3v) is 9.81. The molecular weight excluding hydrogens is 709 g/mol. The Morgan fingerprint density at radius 1 is 0.846 bits per heavy atom. The zero-order chi connectivity index (χ0) is 36.7. The Bertz CT molecular complexity index is 1700. The first-order valence-corrected chi connectivity index (χ1v) is 18.7. The van der Waals surface area contributed by atoms with Gasteiger partial charge in [-0.15, -0.1) is 22.7 Å². The molecule has 4 aromatic rings. The number of amides is 4. The first-order chi connectivity index (χ1) is 25.3. The molecule has 0 fully saturated rings. The maximum absolute atomic E-state index is 13.5. The van der Waals surface area contributed by atoms with Gasteiger partial charge in [-0.3, -0.25) is 4.90 Å². The number of benzene rings is 2. The summed E-state index contributed by atoms with van der Waals surface area (Å²) < 4.78 is 26.6. The number of carbonyl (C=O) groups excluding carboxylic acids is 4. The summed E-state index contributed by atoms with van der Waals surface area (Å²) in [5, 5.41) is 9.93. The van der Waals surface area contributed by atoms with Gasteiger partial charge in [0.25, 0.3) is 0 Å². The molecule has 0 aliphatic carbocycles. The number of ether oxygens (including phenoxy) is 5. The van der Waals surface area contributed by atoms with E-state index >= 15 is 0 Å². The van der Waals surface area contributed by atoms with Crippen molar-refractivity contribution in [3.05, 3.63) is 98.9 Å². The maximum atomic E-state index is 13.5. The van der Waals surface area contributed by atoms with Crippen LogP contribution in [0.15, 0.2) is 83.6 Å². The van der Waals surface area contributed by atoms with Crippen LogP contribution < -0.4 is 24.8 Å². The first-order valence-electron chi connectivity index (χ1n) is 16.9. The highest BCUT2D eigenvalue weighted by molar-refractivity contribution is 7.10. The van der Waals surface area contributed by atoms with E-state index in [1.807, 2.05) is 60.1 Å². The summed E-state index contributed by atoms with van der Waals surface area (Å²) in [6, 6.07) is 20.4. The second-order valence-electron chi connectivity index (χ2n) is 11.9. The van der Waals surface area contributed by atoms with Crippen LogP contribution in [0.2, 0.25) is 0 Å². The van der Waals surface area contributed by atoms with E-state index in [-0.39, 0.29) is 31.7 Å². The number of para-hydroxylation sites is 1. The number of thiophene rings is 2. The van der Waals surface area contributed by atoms with Crippen molar-refractivity contribution in [2.24, 2.45) is 0 Å². The van der Waals surface area contributed by atoms with Gasteiger partial charge in [-0.1, -0.05) is 43.3 Å². The summed E-state index contributed by atoms with van der Waals surface area (Å²) >= 11 is 3.12. The second kappa shape index (κ2) is 19.4. The fraction of sp³-hybridized carbons (Fsp3) is 0.351. The molecule has 2 atom stereocenters. The van der Waals surface area contributed by atoms with E-state index in [1.54, 1.807) is 57.9 Å². The molecule has 52 heavy (non-hydrogen) atoms. The number of unbranched alkanes of at least 4 members (excludes halogenated alkanes) is 1. The summed E-state index contributed by atoms with van der Waals surface area (Å²) in [6.07, 6.45) is -0.337. The van der Waals surface area contributed by atoms with E-state index in [0.29, 0.717) is 50.3 Å². The first kappa shape index (κ1) is 38.0. The van der Waals surface area contributed by atoms with Crippen molar-refractivity contribution in [3.8, 4) is 17.2 Å². The molecule has 13 nitrogen and oxygen atoms in total. The minimum atomic E-state index is -1.13. The van der Waals surface area contributed by atoms with E-state index in [4.69, 9.17) is 23.7 Å². The molecule has 0 radical (unpaired) electrons. The van der Waals surface area contributed by atoms with Crippen LogP contribution in [0.3, 0.4) is 0 Å². The molecule has 0 bridgehead atoms. The molecule has 2 N–H and O–H groups in total. The number of nitrogens with one attached hydrogen (secondary N) is 2. The molecule has 4 amide bonds. The van der Waals surface area contributed by atoms with Crippen molar-refractivity contribution in [2.75, 3.05) is 27.0 Å². The van der Waals surface area contributed by atoms with Crippen LogP contribution in [0.1, 0.15) is 54.0 Å². The van der Waals surface area contributed by atoms with Crippen molar-refractivity contribution < 1.29 is 42.9 Å². The lowest BCUT2D eigenvalue weighted by molar-refractivity contribution is 0.0871. The number of hydrogen-bond acceptors (Lipinski definition) is 11. The number of fused-ring (bicyclic) bond motifs is 1. The fourth-order valence-corrected chi connectivity index (χ4v) is 6.79. The molecule has 0 spiro atoms. The summed E-state index contributed by atoms with van der Waals surface area (Å²) in [5.41, 5.74) is 0.866. The Balaban J connectivity index is 1.17. The molecule has 2 aromatic heterocycles. The summed E-state index contributed by atoms with van der Waals surface area (Å²) in [4.78, 5) is 56.3. The normalized spacial score (nSPS) is 12.7. The Labute approximate surface area is 310 Å². The standard InChI is InChI=1S/C37H42N4O9S2/c1-3-31(26-16-17-32-33(21-26)48-25-47-32)39-34(42)38-27(11-7-8-18-40(2)35(43)50-37(45)49-28-12-5-4-6-13-28)24-46-36(44)41(22-29-14-9-19-51-29)23-30-15-10-20-52-30/h4-6,9-10,12-17,19-21,27,31H,3,7-8,11,18,22-25H2,1-2H3,(H2,38,39,42)/t27-,31-/m0/s1. The zero-order valence-electron chi connectivity index (χ0n) is 29.0. The number of carbonyl (C=O) groups is 4. The molecular formula is C37H42N4O9S2. The van der Waals surface area contributed by atoms with Crippen molar-refractivity contribution in [3.63, 3.8) is 0 Å². The highest BCUT2D eigenvalue weighted by Crippen LogP contribution is 2.34. The largest absolute Gasteiger partial charge is 0.523 e. The summed E-state index contributed by atoms with van der Waals surface area (Å²) in [7, 11) is 1.51. The summed E-state index contributed by atoms with van der Waals surface area (Å²) in [6.45, 7) is 3.10. The minimum absolute atomic E-state index is 0.0678. The SMILES string of the molecule is CC[C@H](NC(=O)N[C@@H](CCCCN(C)C(=O)OC(=O)Oc1ccccc1)COC(=O)N(Cc1cccs1)Cc1cccs1)c1ccc2c(c1)OCO2. The molecule has 3 heterocycles. The smallest absolute Gasteiger partial charge is 0.454 e. The second-order valence-corrected chi connectivity index (χ2v) is 14.0. The lowest BCUT2D eigenvalue weighted by atomic mass is 10.0. The maximum Gasteiger partial charge on any atom is 0.523 e. The molecule has 5 rings (SSSR count). The Morgan fingerprint density at radius 2 is 1.56 bits per heavy atom. The van der Waals surface area contributed by atoms with Crippen LogP contribution in [-0.4, -0.2) is 67.2 Å². The van der Waals surface area contributed by atoms with E-state index in [0.717, 1.165) is 15.3 Å². The third-order valence-electron chi connectivity index (χ3n) is 8.09. The fourth-order valence-electron chi connectivity index (χ4n) is 5.35. The number of hydrogen-bond donors (Lipinski definition) is 2. The van der Waals surface area contributed by atoms with Gasteiger partial charge in [0.05, 0.1) is 25.2 Å². The van der Waals surface area contributed by atoms with E-state index in [9.17, 15) is 19.2 Å². The molecule has 0 saturated heterocycles. The van der Waals surface area contributed by atoms with Crippen LogP contribution in [0, 0.1) is 0 Å². The van der Waals surface area contributed by atoms with Crippen molar-refractivity contribution in [1.29, 1.82) is 0 Å². The van der Waals surface area contributed by atoms with Crippen LogP contribution >= 0.6 is 22.7 Å². The van der Waals surface area contributed by atoms with E-state index < -0.39 is 30.4 Å². The van der Waals surface area contributed by atoms with E-state index in [2.05, 4.69) is 10.6 Å². The minimum Gasteiger partial charge on any atom is -0.454 e. The Hall–Kier alpha value is -5.28. The Morgan fingerprint density at radius 3 is 2.23 bits per heavy atom. The van der Waals surface area contributed by atoms with Gasteiger partial charge in [-0.25, -0.2) is 19.2 Å². The predicted octanol–water partition coefficient (Wildman–Crippen LogP) is 7.93. The number of rotatable bonds is 16. The van der Waals surface area contributed by atoms with Crippen molar-refractivity contribution in [2.45, 2.75) is 57.8 Å². The van der Waals surface area contributed by atoms with Gasteiger partial charge in [-0.05, 0) is 78.4 Å². The molecule has 15 heteroatoms. The highest BCUT2D eigenvalue weighted by Gasteiger charge is 2.23. The lowest BCUT2D eigenvalue weighted by Crippen LogP contribution is -2.46. The lowest BCUT2D eigenvalue weighted by Gasteiger charge is -2.25. The topological polar surface area (TPSA) is 145 Å². The van der Waals surface area contributed by atoms with Crippen molar-refractivity contribution in [1.82, 2.24) is 20.4 Å². The van der Waals surface area contributed by atoms with Gasteiger partial charge in [-0.2, -0.15) is 0 Å². The third kappa shape index (κ3) is 11.6. The predicted molar refractivity (Wildman–Crippen MR) is 196 cm³/mol. The monoisotopic (exact) mass is 750 g/mol. The van der Waals surface area contributed by atoms with Crippen LogP contribution in [-0.2, 0) is 22.6 Å². The van der Waals surface area contributed by atoms with Crippen LogP contribution in [0.4, 0.5) is 19.2 Å². The number of urea groups is 1. The molecule has 0 saturated carbocycles. The van der Waals surface area contributed by atoms with Crippen LogP contribution in [0.25, 0.3) is 0 Å². The van der Waals surface area contributed by atoms with Gasteiger partial charge in [0.1, 0.15) is 12.4 Å². The zero-order valence-corrected chi connectivity index (χ0v) is 30.6. The Kier molecular flexibility index (Phi) is 14.1. The van der Waals surface area contributed by atoms with Crippen LogP contribution in [0.5, 0.6) is 17.2 Å². The van der Waals surface area contributed by atoms with Gasteiger partial charge >= 0.3 is 24.4 Å².